The lowest BCUT2D eigenvalue weighted by Crippen LogP contribution is -2.35. The Morgan fingerprint density at radius 3 is 2.72 bits per heavy atom. The molecule has 1 aliphatic heterocycles. The lowest BCUT2D eigenvalue weighted by atomic mass is 10.2. The first-order valence-corrected chi connectivity index (χ1v) is 9.28. The number of likely N-dealkylation sites (tertiary alicyclic amines) is 1. The van der Waals surface area contributed by atoms with Crippen LogP contribution >= 0.6 is 11.6 Å². The number of rotatable bonds is 8. The zero-order chi connectivity index (χ0) is 21.0. The molecule has 0 aliphatic carbocycles. The van der Waals surface area contributed by atoms with Crippen molar-refractivity contribution in [3.05, 3.63) is 63.2 Å². The van der Waals surface area contributed by atoms with Gasteiger partial charge in [-0.15, -0.1) is 0 Å². The van der Waals surface area contributed by atoms with Crippen molar-refractivity contribution in [2.75, 3.05) is 26.2 Å². The van der Waals surface area contributed by atoms with E-state index in [2.05, 4.69) is 0 Å². The van der Waals surface area contributed by atoms with E-state index in [1.165, 1.54) is 0 Å². The number of halogens is 3. The number of β-amino-alcohol motifs (C(OH)–C–C–N with tert-alkyl or cyclic N) is 1. The number of benzene rings is 2. The van der Waals surface area contributed by atoms with Gasteiger partial charge in [0.25, 0.3) is 0 Å². The number of ether oxygens (including phenoxy) is 2. The summed E-state index contributed by atoms with van der Waals surface area (Å²) in [4.78, 5) is 11.9. The summed E-state index contributed by atoms with van der Waals surface area (Å²) in [5.41, 5.74) is -0.962. The first-order chi connectivity index (χ1) is 13.8. The molecule has 3 rings (SSSR count). The quantitative estimate of drug-likeness (QED) is 0.512. The van der Waals surface area contributed by atoms with Crippen molar-refractivity contribution in [1.82, 2.24) is 4.90 Å². The van der Waals surface area contributed by atoms with Crippen LogP contribution in [0.3, 0.4) is 0 Å². The van der Waals surface area contributed by atoms with Gasteiger partial charge in [-0.1, -0.05) is 11.6 Å². The van der Waals surface area contributed by atoms with Crippen LogP contribution in [0.5, 0.6) is 11.5 Å². The molecule has 0 aromatic heterocycles. The maximum Gasteiger partial charge on any atom is 0.346 e. The summed E-state index contributed by atoms with van der Waals surface area (Å²) in [5, 5.41) is 21.7. The summed E-state index contributed by atoms with van der Waals surface area (Å²) in [6.45, 7) is 1.15. The molecule has 1 saturated heterocycles. The predicted octanol–water partition coefficient (Wildman–Crippen LogP) is 3.42. The third-order valence-corrected chi connectivity index (χ3v) is 4.67. The summed E-state index contributed by atoms with van der Waals surface area (Å²) in [6, 6.07) is 8.15. The Hall–Kier alpha value is -2.49. The van der Waals surface area contributed by atoms with Crippen LogP contribution in [0.2, 0.25) is 5.02 Å². The Morgan fingerprint density at radius 2 is 2.03 bits per heavy atom. The van der Waals surface area contributed by atoms with Gasteiger partial charge >= 0.3 is 5.69 Å². The second kappa shape index (κ2) is 9.34. The van der Waals surface area contributed by atoms with Crippen LogP contribution in [-0.2, 0) is 0 Å². The molecule has 1 fully saturated rings. The number of aliphatic hydroxyl groups is 1. The molecular formula is C19H19ClF2N2O5. The topological polar surface area (TPSA) is 85.1 Å². The number of nitro benzene ring substituents is 1. The lowest BCUT2D eigenvalue weighted by Gasteiger charge is -2.20. The van der Waals surface area contributed by atoms with Gasteiger partial charge in [0.15, 0.2) is 0 Å². The average molecular weight is 429 g/mol. The van der Waals surface area contributed by atoms with E-state index in [1.54, 1.807) is 24.3 Å². The Morgan fingerprint density at radius 1 is 1.31 bits per heavy atom. The monoisotopic (exact) mass is 428 g/mol. The van der Waals surface area contributed by atoms with Crippen LogP contribution in [0.25, 0.3) is 0 Å². The van der Waals surface area contributed by atoms with E-state index in [-0.39, 0.29) is 19.3 Å². The molecule has 10 heteroatoms. The molecule has 0 spiro atoms. The summed E-state index contributed by atoms with van der Waals surface area (Å²) >= 11 is 5.84. The molecular weight excluding hydrogens is 410 g/mol. The molecule has 0 radical (unpaired) electrons. The van der Waals surface area contributed by atoms with Crippen LogP contribution in [0.1, 0.15) is 6.42 Å². The highest BCUT2D eigenvalue weighted by atomic mass is 35.5. The molecule has 2 aromatic rings. The first kappa shape index (κ1) is 21.2. The summed E-state index contributed by atoms with van der Waals surface area (Å²) in [6.07, 6.45) is -0.297. The van der Waals surface area contributed by atoms with Crippen molar-refractivity contribution in [2.45, 2.75) is 18.6 Å². The maximum absolute atomic E-state index is 13.6. The van der Waals surface area contributed by atoms with E-state index in [4.69, 9.17) is 21.1 Å². The van der Waals surface area contributed by atoms with Gasteiger partial charge in [0.05, 0.1) is 4.92 Å². The number of nitrogens with zero attached hydrogens (tertiary/aromatic N) is 2. The molecule has 29 heavy (non-hydrogen) atoms. The van der Waals surface area contributed by atoms with Crippen LogP contribution in [0, 0.1) is 21.7 Å². The molecule has 1 N–H and O–H groups in total. The van der Waals surface area contributed by atoms with Crippen LogP contribution in [0.4, 0.5) is 14.5 Å². The minimum atomic E-state index is -1.33. The van der Waals surface area contributed by atoms with Crippen molar-refractivity contribution in [3.8, 4) is 11.5 Å². The molecule has 2 unspecified atom stereocenters. The third kappa shape index (κ3) is 5.75. The number of hydrogen-bond acceptors (Lipinski definition) is 6. The van der Waals surface area contributed by atoms with Gasteiger partial charge in [-0.2, -0.15) is 4.39 Å². The molecule has 2 atom stereocenters. The molecule has 7 nitrogen and oxygen atoms in total. The van der Waals surface area contributed by atoms with Crippen LogP contribution in [-0.4, -0.2) is 53.4 Å². The highest BCUT2D eigenvalue weighted by molar-refractivity contribution is 6.30. The Labute approximate surface area is 170 Å². The minimum absolute atomic E-state index is 0.0531. The SMILES string of the molecule is O=[N+]([O-])c1c(F)cc(F)cc1OCC(O)CN1CCC(Oc2ccc(Cl)cc2)C1. The largest absolute Gasteiger partial charge is 0.489 e. The van der Waals surface area contributed by atoms with Gasteiger partial charge in [-0.25, -0.2) is 4.39 Å². The van der Waals surface area contributed by atoms with Gasteiger partial charge in [0, 0.05) is 36.8 Å². The van der Waals surface area contributed by atoms with E-state index >= 15 is 0 Å². The van der Waals surface area contributed by atoms with Gasteiger partial charge in [-0.05, 0) is 30.7 Å². The predicted molar refractivity (Wildman–Crippen MR) is 101 cm³/mol. The molecule has 2 aromatic carbocycles. The average Bonchev–Trinajstić information content (AvgIpc) is 3.07. The van der Waals surface area contributed by atoms with Crippen molar-refractivity contribution in [1.29, 1.82) is 0 Å². The normalized spacial score (nSPS) is 17.9. The molecule has 0 amide bonds. The zero-order valence-electron chi connectivity index (χ0n) is 15.3. The number of hydrogen-bond donors (Lipinski definition) is 1. The van der Waals surface area contributed by atoms with E-state index in [9.17, 15) is 24.0 Å². The molecule has 0 saturated carbocycles. The lowest BCUT2D eigenvalue weighted by molar-refractivity contribution is -0.388. The zero-order valence-corrected chi connectivity index (χ0v) is 16.0. The smallest absolute Gasteiger partial charge is 0.346 e. The first-order valence-electron chi connectivity index (χ1n) is 8.90. The highest BCUT2D eigenvalue weighted by Gasteiger charge is 2.27. The standard InChI is InChI=1S/C19H19ClF2N2O5/c20-12-1-3-15(4-2-12)29-16-5-6-23(10-16)9-14(25)11-28-18-8-13(21)7-17(22)19(18)24(26)27/h1-4,7-8,14,16,25H,5-6,9-11H2. The second-order valence-electron chi connectivity index (χ2n) is 6.70. The van der Waals surface area contributed by atoms with Gasteiger partial charge < -0.3 is 14.6 Å². The van der Waals surface area contributed by atoms with E-state index < -0.39 is 34.1 Å². The summed E-state index contributed by atoms with van der Waals surface area (Å²) in [5.74, 6) is -2.19. The highest BCUT2D eigenvalue weighted by Crippen LogP contribution is 2.31. The van der Waals surface area contributed by atoms with E-state index in [0.29, 0.717) is 29.9 Å². The Kier molecular flexibility index (Phi) is 6.83. The number of nitro groups is 1. The van der Waals surface area contributed by atoms with Crippen LogP contribution < -0.4 is 9.47 Å². The molecule has 0 bridgehead atoms. The van der Waals surface area contributed by atoms with Crippen molar-refractivity contribution in [3.63, 3.8) is 0 Å². The van der Waals surface area contributed by atoms with E-state index in [1.807, 2.05) is 4.90 Å². The summed E-state index contributed by atoms with van der Waals surface area (Å²) in [7, 11) is 0. The fraction of sp³-hybridized carbons (Fsp3) is 0.368. The molecule has 1 aliphatic rings. The summed E-state index contributed by atoms with van der Waals surface area (Å²) < 4.78 is 37.9. The maximum atomic E-state index is 13.6. The molecule has 156 valence electrons. The van der Waals surface area contributed by atoms with Crippen molar-refractivity contribution >= 4 is 17.3 Å². The molecule has 1 heterocycles. The Balaban J connectivity index is 1.50. The number of aliphatic hydroxyl groups excluding tert-OH is 1. The fourth-order valence-corrected chi connectivity index (χ4v) is 3.26. The second-order valence-corrected chi connectivity index (χ2v) is 7.13. The van der Waals surface area contributed by atoms with Gasteiger partial charge in [0.2, 0.25) is 11.6 Å². The van der Waals surface area contributed by atoms with Crippen LogP contribution in [0.15, 0.2) is 36.4 Å². The third-order valence-electron chi connectivity index (χ3n) is 4.42. The van der Waals surface area contributed by atoms with Gasteiger partial charge in [0.1, 0.15) is 30.4 Å². The minimum Gasteiger partial charge on any atom is -0.489 e. The van der Waals surface area contributed by atoms with Crippen molar-refractivity contribution in [2.24, 2.45) is 0 Å². The van der Waals surface area contributed by atoms with Crippen molar-refractivity contribution < 1.29 is 28.3 Å². The van der Waals surface area contributed by atoms with Gasteiger partial charge in [-0.3, -0.25) is 15.0 Å². The fourth-order valence-electron chi connectivity index (χ4n) is 3.13. The van der Waals surface area contributed by atoms with E-state index in [0.717, 1.165) is 12.5 Å². The Bertz CT molecular complexity index is 868.